The van der Waals surface area contributed by atoms with Crippen LogP contribution in [0.4, 0.5) is 4.79 Å². The molecule has 1 aliphatic rings. The molecular weight excluding hydrogens is 428 g/mol. The van der Waals surface area contributed by atoms with E-state index in [1.54, 1.807) is 6.08 Å². The van der Waals surface area contributed by atoms with Gasteiger partial charge in [0, 0.05) is 18.0 Å². The molecule has 2 heterocycles. The van der Waals surface area contributed by atoms with Crippen LogP contribution in [0, 0.1) is 0 Å². The van der Waals surface area contributed by atoms with Gasteiger partial charge in [0.25, 0.3) is 11.1 Å². The average Bonchev–Trinajstić information content (AvgIpc) is 3.39. The molecule has 7 heteroatoms. The molecule has 31 heavy (non-hydrogen) atoms. The maximum atomic E-state index is 13.0. The first-order chi connectivity index (χ1) is 15.1. The number of carbonyl (C=O) groups is 3. The zero-order valence-electron chi connectivity index (χ0n) is 16.6. The summed E-state index contributed by atoms with van der Waals surface area (Å²) in [5.74, 6) is -0.949. The van der Waals surface area contributed by atoms with Crippen LogP contribution in [-0.4, -0.2) is 35.0 Å². The first-order valence-corrected chi connectivity index (χ1v) is 11.5. The fraction of sp³-hybridized carbons (Fsp3) is 0.125. The molecule has 1 fully saturated rings. The maximum Gasteiger partial charge on any atom is 0.293 e. The summed E-state index contributed by atoms with van der Waals surface area (Å²) in [7, 11) is 0. The SMILES string of the molecule is O=C(NCCN1C(=O)S/C(=C/c2cccs2)C1=O)C(c1ccccc1)c1ccccc1. The topological polar surface area (TPSA) is 66.5 Å². The molecular formula is C24H20N2O3S2. The predicted molar refractivity (Wildman–Crippen MR) is 125 cm³/mol. The number of nitrogens with one attached hydrogen (secondary N) is 1. The van der Waals surface area contributed by atoms with Crippen LogP contribution in [-0.2, 0) is 9.59 Å². The lowest BCUT2D eigenvalue weighted by Crippen LogP contribution is -2.39. The molecule has 2 aromatic carbocycles. The summed E-state index contributed by atoms with van der Waals surface area (Å²) in [6.45, 7) is 0.327. The summed E-state index contributed by atoms with van der Waals surface area (Å²) in [6.07, 6.45) is 1.73. The van der Waals surface area contributed by atoms with E-state index in [0.717, 1.165) is 27.8 Å². The van der Waals surface area contributed by atoms with Crippen molar-refractivity contribution in [3.63, 3.8) is 0 Å². The molecule has 0 atom stereocenters. The highest BCUT2D eigenvalue weighted by atomic mass is 32.2. The number of benzene rings is 2. The van der Waals surface area contributed by atoms with Crippen molar-refractivity contribution in [3.8, 4) is 0 Å². The molecule has 156 valence electrons. The summed E-state index contributed by atoms with van der Waals surface area (Å²) in [5, 5.41) is 4.50. The van der Waals surface area contributed by atoms with Crippen molar-refractivity contribution in [1.29, 1.82) is 0 Å². The maximum absolute atomic E-state index is 13.0. The third-order valence-corrected chi connectivity index (χ3v) is 6.58. The van der Waals surface area contributed by atoms with Crippen LogP contribution in [0.25, 0.3) is 6.08 Å². The van der Waals surface area contributed by atoms with Gasteiger partial charge in [-0.15, -0.1) is 11.3 Å². The van der Waals surface area contributed by atoms with Crippen LogP contribution in [0.3, 0.4) is 0 Å². The monoisotopic (exact) mass is 448 g/mol. The van der Waals surface area contributed by atoms with Gasteiger partial charge in [-0.1, -0.05) is 66.7 Å². The standard InChI is InChI=1S/C24H20N2O3S2/c27-22(21(17-8-3-1-4-9-17)18-10-5-2-6-11-18)25-13-14-26-23(28)20(31-24(26)29)16-19-12-7-15-30-19/h1-12,15-16,21H,13-14H2,(H,25,27)/b20-16+. The molecule has 0 aliphatic carbocycles. The third kappa shape index (κ3) is 4.95. The van der Waals surface area contributed by atoms with Crippen molar-refractivity contribution in [2.45, 2.75) is 5.92 Å². The van der Waals surface area contributed by atoms with E-state index in [1.807, 2.05) is 78.2 Å². The number of nitrogens with zero attached hydrogens (tertiary/aromatic N) is 1. The van der Waals surface area contributed by atoms with E-state index in [-0.39, 0.29) is 30.1 Å². The van der Waals surface area contributed by atoms with Gasteiger partial charge in [0.1, 0.15) is 0 Å². The van der Waals surface area contributed by atoms with E-state index in [4.69, 9.17) is 0 Å². The fourth-order valence-corrected chi connectivity index (χ4v) is 4.96. The highest BCUT2D eigenvalue weighted by Crippen LogP contribution is 2.32. The molecule has 1 saturated heterocycles. The lowest BCUT2D eigenvalue weighted by atomic mass is 9.90. The molecule has 0 bridgehead atoms. The summed E-state index contributed by atoms with van der Waals surface area (Å²) < 4.78 is 0. The van der Waals surface area contributed by atoms with Gasteiger partial charge >= 0.3 is 0 Å². The molecule has 5 nitrogen and oxygen atoms in total. The fourth-order valence-electron chi connectivity index (χ4n) is 3.37. The van der Waals surface area contributed by atoms with Gasteiger partial charge in [0.2, 0.25) is 5.91 Å². The molecule has 3 amide bonds. The van der Waals surface area contributed by atoms with Crippen molar-refractivity contribution in [2.75, 3.05) is 13.1 Å². The summed E-state index contributed by atoms with van der Waals surface area (Å²) in [6, 6.07) is 22.9. The first-order valence-electron chi connectivity index (χ1n) is 9.80. The average molecular weight is 449 g/mol. The Morgan fingerprint density at radius 1 is 0.935 bits per heavy atom. The Bertz CT molecular complexity index is 1060. The highest BCUT2D eigenvalue weighted by Gasteiger charge is 2.35. The smallest absolute Gasteiger partial charge is 0.293 e. The Morgan fingerprint density at radius 2 is 1.58 bits per heavy atom. The molecule has 4 rings (SSSR count). The lowest BCUT2D eigenvalue weighted by Gasteiger charge is -2.19. The quantitative estimate of drug-likeness (QED) is 0.531. The van der Waals surface area contributed by atoms with Crippen LogP contribution in [0.2, 0.25) is 0 Å². The number of amides is 3. The van der Waals surface area contributed by atoms with Gasteiger partial charge in [-0.05, 0) is 40.4 Å². The van der Waals surface area contributed by atoms with E-state index >= 15 is 0 Å². The number of hydrogen-bond acceptors (Lipinski definition) is 5. The molecule has 1 aromatic heterocycles. The molecule has 0 saturated carbocycles. The van der Waals surface area contributed by atoms with Gasteiger partial charge in [-0.2, -0.15) is 0 Å². The predicted octanol–water partition coefficient (Wildman–Crippen LogP) is 4.73. The van der Waals surface area contributed by atoms with Gasteiger partial charge in [0.15, 0.2) is 0 Å². The largest absolute Gasteiger partial charge is 0.353 e. The summed E-state index contributed by atoms with van der Waals surface area (Å²) in [5.41, 5.74) is 1.77. The van der Waals surface area contributed by atoms with Gasteiger partial charge in [-0.25, -0.2) is 0 Å². The number of carbonyl (C=O) groups excluding carboxylic acids is 3. The summed E-state index contributed by atoms with van der Waals surface area (Å²) in [4.78, 5) is 40.5. The van der Waals surface area contributed by atoms with E-state index in [2.05, 4.69) is 5.32 Å². The third-order valence-electron chi connectivity index (χ3n) is 4.85. The van der Waals surface area contributed by atoms with Crippen molar-refractivity contribution >= 4 is 46.2 Å². The minimum Gasteiger partial charge on any atom is -0.353 e. The molecule has 1 aliphatic heterocycles. The minimum absolute atomic E-state index is 0.133. The van der Waals surface area contributed by atoms with E-state index in [1.165, 1.54) is 16.2 Å². The van der Waals surface area contributed by atoms with E-state index in [9.17, 15) is 14.4 Å². The van der Waals surface area contributed by atoms with Crippen LogP contribution < -0.4 is 5.32 Å². The number of hydrogen-bond donors (Lipinski definition) is 1. The van der Waals surface area contributed by atoms with Gasteiger partial charge in [-0.3, -0.25) is 19.3 Å². The Kier molecular flexibility index (Phi) is 6.64. The van der Waals surface area contributed by atoms with Crippen LogP contribution in [0.1, 0.15) is 21.9 Å². The van der Waals surface area contributed by atoms with Crippen molar-refractivity contribution < 1.29 is 14.4 Å². The molecule has 1 N–H and O–H groups in total. The Labute approximate surface area is 188 Å². The normalized spacial score (nSPS) is 15.1. The van der Waals surface area contributed by atoms with Gasteiger partial charge in [0.05, 0.1) is 10.8 Å². The second-order valence-corrected chi connectivity index (χ2v) is 8.87. The van der Waals surface area contributed by atoms with Crippen LogP contribution in [0.15, 0.2) is 83.1 Å². The molecule has 0 unspecified atom stereocenters. The molecule has 3 aromatic rings. The van der Waals surface area contributed by atoms with Gasteiger partial charge < -0.3 is 5.32 Å². The lowest BCUT2D eigenvalue weighted by molar-refractivity contribution is -0.124. The first kappa shape index (κ1) is 21.1. The minimum atomic E-state index is -0.462. The zero-order chi connectivity index (χ0) is 21.6. The Hall–Kier alpha value is -3.16. The van der Waals surface area contributed by atoms with E-state index in [0.29, 0.717) is 4.91 Å². The zero-order valence-corrected chi connectivity index (χ0v) is 18.2. The number of rotatable bonds is 7. The Morgan fingerprint density at radius 3 is 2.16 bits per heavy atom. The highest BCUT2D eigenvalue weighted by molar-refractivity contribution is 8.18. The molecule has 0 spiro atoms. The summed E-state index contributed by atoms with van der Waals surface area (Å²) >= 11 is 2.44. The van der Waals surface area contributed by atoms with Crippen molar-refractivity contribution in [2.24, 2.45) is 0 Å². The second-order valence-electron chi connectivity index (χ2n) is 6.89. The Balaban J connectivity index is 1.42. The number of thioether (sulfide) groups is 1. The van der Waals surface area contributed by atoms with Crippen LogP contribution >= 0.6 is 23.1 Å². The van der Waals surface area contributed by atoms with Crippen molar-refractivity contribution in [1.82, 2.24) is 10.2 Å². The number of thiophene rings is 1. The van der Waals surface area contributed by atoms with E-state index < -0.39 is 5.92 Å². The van der Waals surface area contributed by atoms with Crippen LogP contribution in [0.5, 0.6) is 0 Å². The number of imide groups is 1. The van der Waals surface area contributed by atoms with Crippen molar-refractivity contribution in [3.05, 3.63) is 99.1 Å². The second kappa shape index (κ2) is 9.76. The molecule has 0 radical (unpaired) electrons.